The maximum Gasteiger partial charge on any atom is 0.225 e. The number of rotatable bonds is 7. The molecular weight excluding hydrogens is 268 g/mol. The van der Waals surface area contributed by atoms with Crippen molar-refractivity contribution >= 4 is 11.8 Å². The van der Waals surface area contributed by atoms with E-state index >= 15 is 0 Å². The number of hydrogen-bond donors (Lipinski definition) is 1. The van der Waals surface area contributed by atoms with Gasteiger partial charge in [0.2, 0.25) is 11.8 Å². The van der Waals surface area contributed by atoms with Gasteiger partial charge >= 0.3 is 0 Å². The Balaban J connectivity index is 1.80. The summed E-state index contributed by atoms with van der Waals surface area (Å²) in [5.41, 5.74) is 1.09. The molecule has 5 heteroatoms. The average Bonchev–Trinajstić information content (AvgIpc) is 2.86. The van der Waals surface area contributed by atoms with Crippen LogP contribution in [0.5, 0.6) is 0 Å². The summed E-state index contributed by atoms with van der Waals surface area (Å²) < 4.78 is 4.94. The molecule has 1 aromatic rings. The van der Waals surface area contributed by atoms with E-state index in [-0.39, 0.29) is 17.7 Å². The van der Waals surface area contributed by atoms with Gasteiger partial charge in [-0.05, 0) is 12.0 Å². The summed E-state index contributed by atoms with van der Waals surface area (Å²) in [7, 11) is 1.64. The Morgan fingerprint density at radius 2 is 2.14 bits per heavy atom. The third-order valence-corrected chi connectivity index (χ3v) is 3.63. The first-order chi connectivity index (χ1) is 10.2. The summed E-state index contributed by atoms with van der Waals surface area (Å²) in [5.74, 6) is -0.213. The van der Waals surface area contributed by atoms with Crippen molar-refractivity contribution in [1.29, 1.82) is 0 Å². The van der Waals surface area contributed by atoms with Gasteiger partial charge < -0.3 is 15.0 Å². The number of methoxy groups -OCH3 is 1. The van der Waals surface area contributed by atoms with Gasteiger partial charge in [-0.3, -0.25) is 9.59 Å². The highest BCUT2D eigenvalue weighted by molar-refractivity contribution is 5.89. The topological polar surface area (TPSA) is 58.6 Å². The van der Waals surface area contributed by atoms with Crippen LogP contribution in [-0.4, -0.2) is 43.5 Å². The van der Waals surface area contributed by atoms with Crippen molar-refractivity contribution in [3.63, 3.8) is 0 Å². The van der Waals surface area contributed by atoms with Crippen LogP contribution in [0.3, 0.4) is 0 Å². The first kappa shape index (κ1) is 15.5. The molecule has 0 spiro atoms. The van der Waals surface area contributed by atoms with E-state index in [0.717, 1.165) is 12.0 Å². The van der Waals surface area contributed by atoms with Gasteiger partial charge in [-0.15, -0.1) is 0 Å². The Hall–Kier alpha value is -1.88. The summed E-state index contributed by atoms with van der Waals surface area (Å²) in [6.45, 7) is 2.30. The minimum Gasteiger partial charge on any atom is -0.385 e. The Morgan fingerprint density at radius 3 is 2.86 bits per heavy atom. The van der Waals surface area contributed by atoms with Crippen molar-refractivity contribution < 1.29 is 14.3 Å². The average molecular weight is 290 g/mol. The lowest BCUT2D eigenvalue weighted by molar-refractivity contribution is -0.129. The summed E-state index contributed by atoms with van der Waals surface area (Å²) in [6, 6.07) is 9.84. The smallest absolute Gasteiger partial charge is 0.225 e. The number of ether oxygens (including phenoxy) is 1. The van der Waals surface area contributed by atoms with E-state index in [2.05, 4.69) is 5.32 Å². The van der Waals surface area contributed by atoms with Crippen molar-refractivity contribution in [2.24, 2.45) is 5.92 Å². The number of carbonyl (C=O) groups is 2. The third kappa shape index (κ3) is 4.56. The van der Waals surface area contributed by atoms with Gasteiger partial charge in [0, 0.05) is 39.8 Å². The van der Waals surface area contributed by atoms with E-state index in [9.17, 15) is 9.59 Å². The lowest BCUT2D eigenvalue weighted by atomic mass is 10.1. The standard InChI is InChI=1S/C16H22N2O3/c1-21-9-5-8-17-16(20)14-10-15(19)18(12-14)11-13-6-3-2-4-7-13/h2-4,6-7,14H,5,8-12H2,1H3,(H,17,20). The maximum atomic E-state index is 12.0. The monoisotopic (exact) mass is 290 g/mol. The fourth-order valence-corrected chi connectivity index (χ4v) is 2.48. The van der Waals surface area contributed by atoms with E-state index in [0.29, 0.717) is 32.7 Å². The van der Waals surface area contributed by atoms with Crippen molar-refractivity contribution in [2.45, 2.75) is 19.4 Å². The van der Waals surface area contributed by atoms with E-state index in [1.165, 1.54) is 0 Å². The molecular formula is C16H22N2O3. The minimum atomic E-state index is -0.233. The first-order valence-corrected chi connectivity index (χ1v) is 7.29. The van der Waals surface area contributed by atoms with Crippen LogP contribution in [0.25, 0.3) is 0 Å². The highest BCUT2D eigenvalue weighted by atomic mass is 16.5. The van der Waals surface area contributed by atoms with Crippen LogP contribution in [0, 0.1) is 5.92 Å². The van der Waals surface area contributed by atoms with Crippen molar-refractivity contribution in [2.75, 3.05) is 26.8 Å². The van der Waals surface area contributed by atoms with Crippen molar-refractivity contribution in [3.05, 3.63) is 35.9 Å². The van der Waals surface area contributed by atoms with Crippen LogP contribution in [0.2, 0.25) is 0 Å². The number of benzene rings is 1. The van der Waals surface area contributed by atoms with Gasteiger partial charge in [0.25, 0.3) is 0 Å². The maximum absolute atomic E-state index is 12.0. The summed E-state index contributed by atoms with van der Waals surface area (Å²) in [4.78, 5) is 25.8. The SMILES string of the molecule is COCCCNC(=O)C1CC(=O)N(Cc2ccccc2)C1. The number of nitrogens with one attached hydrogen (secondary N) is 1. The molecule has 1 unspecified atom stereocenters. The van der Waals surface area contributed by atoms with E-state index in [4.69, 9.17) is 4.74 Å². The minimum absolute atomic E-state index is 0.0324. The van der Waals surface area contributed by atoms with Crippen LogP contribution < -0.4 is 5.32 Å². The molecule has 1 atom stereocenters. The molecule has 5 nitrogen and oxygen atoms in total. The molecule has 1 saturated heterocycles. The van der Waals surface area contributed by atoms with Crippen LogP contribution in [0.1, 0.15) is 18.4 Å². The highest BCUT2D eigenvalue weighted by Crippen LogP contribution is 2.20. The molecule has 21 heavy (non-hydrogen) atoms. The summed E-state index contributed by atoms with van der Waals surface area (Å²) >= 11 is 0. The molecule has 0 radical (unpaired) electrons. The second-order valence-electron chi connectivity index (χ2n) is 5.30. The largest absolute Gasteiger partial charge is 0.385 e. The van der Waals surface area contributed by atoms with Gasteiger partial charge in [0.05, 0.1) is 5.92 Å². The van der Waals surface area contributed by atoms with Gasteiger partial charge in [-0.1, -0.05) is 30.3 Å². The molecule has 0 aromatic heterocycles. The lowest BCUT2D eigenvalue weighted by Crippen LogP contribution is -2.33. The molecule has 0 saturated carbocycles. The fraction of sp³-hybridized carbons (Fsp3) is 0.500. The molecule has 1 aliphatic heterocycles. The van der Waals surface area contributed by atoms with Gasteiger partial charge in [-0.25, -0.2) is 0 Å². The van der Waals surface area contributed by atoms with Crippen LogP contribution >= 0.6 is 0 Å². The normalized spacial score (nSPS) is 18.0. The molecule has 0 bridgehead atoms. The number of nitrogens with zero attached hydrogens (tertiary/aromatic N) is 1. The third-order valence-electron chi connectivity index (χ3n) is 3.63. The van der Waals surface area contributed by atoms with E-state index in [1.807, 2.05) is 30.3 Å². The van der Waals surface area contributed by atoms with Crippen molar-refractivity contribution in [1.82, 2.24) is 10.2 Å². The molecule has 2 rings (SSSR count). The molecule has 1 aromatic carbocycles. The predicted octanol–water partition coefficient (Wildman–Crippen LogP) is 1.19. The molecule has 1 N–H and O–H groups in total. The van der Waals surface area contributed by atoms with Crippen LogP contribution in [0.15, 0.2) is 30.3 Å². The molecule has 114 valence electrons. The zero-order valence-electron chi connectivity index (χ0n) is 12.4. The Bertz CT molecular complexity index is 476. The van der Waals surface area contributed by atoms with Crippen molar-refractivity contribution in [3.8, 4) is 0 Å². The molecule has 1 fully saturated rings. The molecule has 2 amide bonds. The summed E-state index contributed by atoms with van der Waals surface area (Å²) in [6.07, 6.45) is 1.10. The number of likely N-dealkylation sites (tertiary alicyclic amines) is 1. The quantitative estimate of drug-likeness (QED) is 0.767. The predicted molar refractivity (Wildman–Crippen MR) is 79.5 cm³/mol. The van der Waals surface area contributed by atoms with E-state index in [1.54, 1.807) is 12.0 Å². The van der Waals surface area contributed by atoms with E-state index < -0.39 is 0 Å². The highest BCUT2D eigenvalue weighted by Gasteiger charge is 2.33. The van der Waals surface area contributed by atoms with Crippen LogP contribution in [0.4, 0.5) is 0 Å². The number of carbonyl (C=O) groups excluding carboxylic acids is 2. The molecule has 1 heterocycles. The summed E-state index contributed by atoms with van der Waals surface area (Å²) in [5, 5.41) is 2.87. The second-order valence-corrected chi connectivity index (χ2v) is 5.30. The Morgan fingerprint density at radius 1 is 1.38 bits per heavy atom. The zero-order chi connectivity index (χ0) is 15.1. The first-order valence-electron chi connectivity index (χ1n) is 7.29. The van der Waals surface area contributed by atoms with Gasteiger partial charge in [-0.2, -0.15) is 0 Å². The fourth-order valence-electron chi connectivity index (χ4n) is 2.48. The number of hydrogen-bond acceptors (Lipinski definition) is 3. The Labute approximate surface area is 125 Å². The van der Waals surface area contributed by atoms with Crippen LogP contribution in [-0.2, 0) is 20.9 Å². The van der Waals surface area contributed by atoms with Gasteiger partial charge in [0.15, 0.2) is 0 Å². The zero-order valence-corrected chi connectivity index (χ0v) is 12.4. The second kappa shape index (κ2) is 7.78. The lowest BCUT2D eigenvalue weighted by Gasteiger charge is -2.16. The molecule has 1 aliphatic rings. The Kier molecular flexibility index (Phi) is 5.75. The number of amides is 2. The van der Waals surface area contributed by atoms with Gasteiger partial charge in [0.1, 0.15) is 0 Å². The molecule has 0 aliphatic carbocycles.